The molecular weight excluding hydrogens is 717 g/mol. The average molecular weight is 797 g/mol. The van der Waals surface area contributed by atoms with Gasteiger partial charge in [-0.3, -0.25) is 0 Å². The number of ether oxygens (including phenoxy) is 10. The quantitative estimate of drug-likeness (QED) is 0.0508. The molecule has 11 unspecified atom stereocenters. The molecule has 2 aliphatic heterocycles. The Morgan fingerprint density at radius 1 is 0.444 bits per heavy atom. The molecule has 0 aromatic rings. The van der Waals surface area contributed by atoms with Gasteiger partial charge in [0.25, 0.3) is 0 Å². The van der Waals surface area contributed by atoms with E-state index in [4.69, 9.17) is 47.4 Å². The minimum absolute atomic E-state index is 0.118. The topological polar surface area (TPSA) is 130 Å². The molecule has 54 heavy (non-hydrogen) atoms. The molecule has 2 aliphatic rings. The lowest BCUT2D eigenvalue weighted by Crippen LogP contribution is -2.67. The Morgan fingerprint density at radius 2 is 0.796 bits per heavy atom. The highest BCUT2D eigenvalue weighted by Gasteiger charge is 2.54. The van der Waals surface area contributed by atoms with Crippen molar-refractivity contribution in [3.8, 4) is 0 Å². The third kappa shape index (κ3) is 18.5. The summed E-state index contributed by atoms with van der Waals surface area (Å²) in [5.41, 5.74) is 0. The first-order valence-corrected chi connectivity index (χ1v) is 22.9. The number of rotatable bonds is 34. The van der Waals surface area contributed by atoms with Gasteiger partial charge in [0.15, 0.2) is 17.4 Å². The van der Waals surface area contributed by atoms with Crippen LogP contribution in [0.4, 0.5) is 0 Å². The summed E-state index contributed by atoms with van der Waals surface area (Å²) in [6.45, 7) is 19.2. The summed E-state index contributed by atoms with van der Waals surface area (Å²) in [5.74, 6) is -0.118. The Kier molecular flexibility index (Phi) is 29.2. The van der Waals surface area contributed by atoms with Gasteiger partial charge >= 0.3 is 0 Å². The molecule has 322 valence electrons. The van der Waals surface area contributed by atoms with Crippen molar-refractivity contribution < 1.29 is 56.1 Å². The summed E-state index contributed by atoms with van der Waals surface area (Å²) in [7, 11) is 0. The van der Waals surface area contributed by atoms with E-state index in [0.717, 1.165) is 89.9 Å². The van der Waals surface area contributed by atoms with Crippen LogP contribution in [0.3, 0.4) is 0 Å². The Morgan fingerprint density at radius 3 is 1.22 bits per heavy atom. The van der Waals surface area contributed by atoms with Crippen molar-refractivity contribution in [1.82, 2.24) is 0 Å². The van der Waals surface area contributed by atoms with E-state index >= 15 is 0 Å². The molecule has 0 aliphatic carbocycles. The molecule has 2 heterocycles. The summed E-state index contributed by atoms with van der Waals surface area (Å²) in [6.07, 6.45) is 6.83. The van der Waals surface area contributed by atoms with E-state index in [-0.39, 0.29) is 12.4 Å². The fourth-order valence-electron chi connectivity index (χ4n) is 6.51. The second-order valence-electron chi connectivity index (χ2n) is 14.6. The number of unbranched alkanes of at least 4 members (excludes halogenated alkanes) is 7. The van der Waals surface area contributed by atoms with Crippen LogP contribution < -0.4 is 0 Å². The van der Waals surface area contributed by atoms with Gasteiger partial charge in [0.1, 0.15) is 54.9 Å². The van der Waals surface area contributed by atoms with Gasteiger partial charge in [-0.2, -0.15) is 0 Å². The lowest BCUT2D eigenvalue weighted by atomic mass is 9.93. The lowest BCUT2D eigenvalue weighted by molar-refractivity contribution is -0.358. The molecule has 2 saturated heterocycles. The second-order valence-corrected chi connectivity index (χ2v) is 15.6. The van der Waals surface area contributed by atoms with Crippen LogP contribution in [0, 0.1) is 0 Å². The Balaban J connectivity index is 2.65. The Labute approximate surface area is 331 Å². The third-order valence-electron chi connectivity index (χ3n) is 9.81. The third-order valence-corrected chi connectivity index (χ3v) is 10.4. The van der Waals surface area contributed by atoms with Gasteiger partial charge in [0, 0.05) is 46.2 Å². The molecule has 1 N–H and O–H groups in total. The van der Waals surface area contributed by atoms with E-state index in [9.17, 15) is 8.76 Å². The van der Waals surface area contributed by atoms with Crippen LogP contribution in [0.15, 0.2) is 0 Å². The standard InChI is InChI=1S/C41H80O12S/c1-8-15-22-44-29-32-35(46-24-17-10-3)39(49-27-20-13-6)40(50-28-21-14-7)41(52-32)53-37-33(30-45-23-16-9-2)51-34(31-54(42)43)36(47-25-18-11-4)38(37)48-26-19-12-5/h32-41H,8-31H2,1-7H3,(H,42,43). The maximum Gasteiger partial charge on any atom is 0.187 e. The molecule has 0 aromatic heterocycles. The lowest BCUT2D eigenvalue weighted by Gasteiger charge is -2.50. The largest absolute Gasteiger partial charge is 0.379 e. The van der Waals surface area contributed by atoms with Crippen molar-refractivity contribution in [3.05, 3.63) is 0 Å². The van der Waals surface area contributed by atoms with Crippen LogP contribution in [0.2, 0.25) is 0 Å². The van der Waals surface area contributed by atoms with Crippen LogP contribution in [-0.2, 0) is 58.4 Å². The highest BCUT2D eigenvalue weighted by Crippen LogP contribution is 2.35. The minimum Gasteiger partial charge on any atom is -0.379 e. The molecule has 0 spiro atoms. The summed E-state index contributed by atoms with van der Waals surface area (Å²) in [6, 6.07) is 0. The molecule has 11 atom stereocenters. The van der Waals surface area contributed by atoms with Gasteiger partial charge in [-0.15, -0.1) is 0 Å². The summed E-state index contributed by atoms with van der Waals surface area (Å²) >= 11 is -2.12. The molecule has 12 nitrogen and oxygen atoms in total. The Bertz CT molecular complexity index is 902. The van der Waals surface area contributed by atoms with E-state index < -0.39 is 72.3 Å². The zero-order valence-electron chi connectivity index (χ0n) is 35.1. The maximum atomic E-state index is 12.3. The van der Waals surface area contributed by atoms with Gasteiger partial charge in [-0.05, 0) is 44.9 Å². The molecule has 2 fully saturated rings. The number of hydrogen-bond acceptors (Lipinski definition) is 11. The second kappa shape index (κ2) is 31.7. The molecule has 13 heteroatoms. The van der Waals surface area contributed by atoms with E-state index in [2.05, 4.69) is 48.5 Å². The smallest absolute Gasteiger partial charge is 0.187 e. The summed E-state index contributed by atoms with van der Waals surface area (Å²) in [5, 5.41) is 0. The van der Waals surface area contributed by atoms with E-state index in [0.29, 0.717) is 52.9 Å². The average Bonchev–Trinajstić information content (AvgIpc) is 3.15. The van der Waals surface area contributed by atoms with Crippen LogP contribution in [0.5, 0.6) is 0 Å². The van der Waals surface area contributed by atoms with Crippen LogP contribution in [0.1, 0.15) is 138 Å². The number of hydrogen-bond donors (Lipinski definition) is 1. The first-order chi connectivity index (χ1) is 26.4. The fourth-order valence-corrected chi connectivity index (χ4v) is 7.06. The SMILES string of the molecule is CCCCOCC1OC(CS(=O)O)C(OCCCC)C(OCCCC)C1OC1OC(COCCCC)C(OCCCC)C(OCCCC)C1OCCCC. The van der Waals surface area contributed by atoms with Crippen LogP contribution in [0.25, 0.3) is 0 Å². The maximum absolute atomic E-state index is 12.3. The normalized spacial score (nSPS) is 29.5. The fraction of sp³-hybridized carbons (Fsp3) is 1.00. The molecule has 0 saturated carbocycles. The van der Waals surface area contributed by atoms with Crippen molar-refractivity contribution in [2.45, 2.75) is 200 Å². The predicted molar refractivity (Wildman–Crippen MR) is 213 cm³/mol. The van der Waals surface area contributed by atoms with Crippen LogP contribution >= 0.6 is 0 Å². The Hall–Kier alpha value is -0.290. The van der Waals surface area contributed by atoms with Crippen molar-refractivity contribution in [1.29, 1.82) is 0 Å². The molecular formula is C41H80O12S. The molecule has 2 rings (SSSR count). The molecule has 0 radical (unpaired) electrons. The van der Waals surface area contributed by atoms with Crippen molar-refractivity contribution in [2.75, 3.05) is 65.2 Å². The van der Waals surface area contributed by atoms with Gasteiger partial charge in [-0.25, -0.2) is 4.21 Å². The first kappa shape index (κ1) is 49.9. The molecule has 0 bridgehead atoms. The minimum atomic E-state index is -2.12. The van der Waals surface area contributed by atoms with Gasteiger partial charge in [-0.1, -0.05) is 93.4 Å². The van der Waals surface area contributed by atoms with Crippen molar-refractivity contribution in [3.63, 3.8) is 0 Å². The predicted octanol–water partition coefficient (Wildman–Crippen LogP) is 7.65. The molecule has 0 aromatic carbocycles. The van der Waals surface area contributed by atoms with Gasteiger partial charge < -0.3 is 51.9 Å². The summed E-state index contributed by atoms with van der Waals surface area (Å²) < 4.78 is 88.8. The highest BCUT2D eigenvalue weighted by molar-refractivity contribution is 7.79. The van der Waals surface area contributed by atoms with E-state index in [1.807, 2.05) is 0 Å². The van der Waals surface area contributed by atoms with Gasteiger partial charge in [0.2, 0.25) is 0 Å². The summed E-state index contributed by atoms with van der Waals surface area (Å²) in [4.78, 5) is 0. The molecule has 0 amide bonds. The van der Waals surface area contributed by atoms with E-state index in [1.54, 1.807) is 0 Å². The zero-order valence-corrected chi connectivity index (χ0v) is 35.9. The van der Waals surface area contributed by atoms with Crippen molar-refractivity contribution >= 4 is 11.1 Å². The highest BCUT2D eigenvalue weighted by atomic mass is 32.2. The monoisotopic (exact) mass is 797 g/mol. The first-order valence-electron chi connectivity index (χ1n) is 21.7. The van der Waals surface area contributed by atoms with Crippen LogP contribution in [-0.4, -0.2) is 135 Å². The van der Waals surface area contributed by atoms with Gasteiger partial charge in [0.05, 0.1) is 19.0 Å². The van der Waals surface area contributed by atoms with E-state index in [1.165, 1.54) is 0 Å². The zero-order chi connectivity index (χ0) is 39.4. The van der Waals surface area contributed by atoms with Crippen molar-refractivity contribution in [2.24, 2.45) is 0 Å².